The van der Waals surface area contributed by atoms with Crippen LogP contribution in [0.15, 0.2) is 54.6 Å². The van der Waals surface area contributed by atoms with Crippen LogP contribution in [0.25, 0.3) is 0 Å². The number of benzene rings is 2. The van der Waals surface area contributed by atoms with E-state index in [1.807, 2.05) is 54.6 Å². The van der Waals surface area contributed by atoms with Gasteiger partial charge in [0.15, 0.2) is 0 Å². The molecule has 5 heteroatoms. The lowest BCUT2D eigenvalue weighted by Crippen LogP contribution is -2.43. The number of ether oxygens (including phenoxy) is 1. The minimum absolute atomic E-state index is 0.152. The van der Waals surface area contributed by atoms with Crippen molar-refractivity contribution in [1.82, 2.24) is 10.6 Å². The number of hydrogen-bond acceptors (Lipinski definition) is 3. The number of aryl methyl sites for hydroxylation is 1. The molecule has 0 bridgehead atoms. The van der Waals surface area contributed by atoms with E-state index in [-0.39, 0.29) is 12.6 Å². The van der Waals surface area contributed by atoms with E-state index in [0.29, 0.717) is 6.54 Å². The van der Waals surface area contributed by atoms with Gasteiger partial charge in [-0.05, 0) is 43.0 Å². The van der Waals surface area contributed by atoms with E-state index in [9.17, 15) is 9.90 Å². The molecule has 0 aliphatic heterocycles. The Bertz CT molecular complexity index is 672. The lowest BCUT2D eigenvalue weighted by atomic mass is 9.96. The van der Waals surface area contributed by atoms with E-state index in [4.69, 9.17) is 4.74 Å². The third-order valence-corrected chi connectivity index (χ3v) is 4.05. The topological polar surface area (TPSA) is 70.6 Å². The molecule has 0 heterocycles. The highest BCUT2D eigenvalue weighted by Gasteiger charge is 2.23. The summed E-state index contributed by atoms with van der Waals surface area (Å²) in [7, 11) is 1.65. The third-order valence-electron chi connectivity index (χ3n) is 4.05. The molecule has 0 spiro atoms. The van der Waals surface area contributed by atoms with Crippen molar-refractivity contribution in [2.75, 3.05) is 20.2 Å². The smallest absolute Gasteiger partial charge is 0.314 e. The summed E-state index contributed by atoms with van der Waals surface area (Å²) in [5, 5.41) is 16.0. The Morgan fingerprint density at radius 3 is 2.60 bits per heavy atom. The summed E-state index contributed by atoms with van der Waals surface area (Å²) in [5.74, 6) is 0.839. The zero-order valence-corrected chi connectivity index (χ0v) is 14.8. The maximum Gasteiger partial charge on any atom is 0.314 e. The van der Waals surface area contributed by atoms with Crippen LogP contribution in [0.2, 0.25) is 0 Å². The second-order valence-corrected chi connectivity index (χ2v) is 6.20. The largest absolute Gasteiger partial charge is 0.497 e. The molecule has 3 N–H and O–H groups in total. The van der Waals surface area contributed by atoms with Crippen LogP contribution >= 0.6 is 0 Å². The van der Waals surface area contributed by atoms with E-state index in [1.54, 1.807) is 14.0 Å². The predicted octanol–water partition coefficient (Wildman–Crippen LogP) is 2.83. The van der Waals surface area contributed by atoms with Gasteiger partial charge in [0.05, 0.1) is 13.7 Å². The molecule has 0 saturated carbocycles. The van der Waals surface area contributed by atoms with Crippen LogP contribution in [0.1, 0.15) is 24.5 Å². The number of methoxy groups -OCH3 is 1. The number of amides is 2. The van der Waals surface area contributed by atoms with Crippen molar-refractivity contribution >= 4 is 6.03 Å². The van der Waals surface area contributed by atoms with Crippen molar-refractivity contribution in [3.8, 4) is 5.75 Å². The van der Waals surface area contributed by atoms with Crippen LogP contribution < -0.4 is 15.4 Å². The molecule has 0 saturated heterocycles. The first-order valence-electron chi connectivity index (χ1n) is 8.44. The van der Waals surface area contributed by atoms with Gasteiger partial charge >= 0.3 is 6.03 Å². The van der Waals surface area contributed by atoms with Crippen molar-refractivity contribution in [3.05, 3.63) is 65.7 Å². The fourth-order valence-electron chi connectivity index (χ4n) is 2.54. The highest BCUT2D eigenvalue weighted by atomic mass is 16.5. The normalized spacial score (nSPS) is 12.9. The summed E-state index contributed by atoms with van der Waals surface area (Å²) < 4.78 is 5.20. The lowest BCUT2D eigenvalue weighted by Gasteiger charge is -2.24. The number of hydrogen-bond donors (Lipinski definition) is 3. The van der Waals surface area contributed by atoms with Gasteiger partial charge in [-0.2, -0.15) is 0 Å². The molecule has 2 amide bonds. The summed E-state index contributed by atoms with van der Waals surface area (Å²) in [6.07, 6.45) is 1.69. The predicted molar refractivity (Wildman–Crippen MR) is 98.7 cm³/mol. The van der Waals surface area contributed by atoms with Crippen LogP contribution in [0.3, 0.4) is 0 Å². The molecule has 0 aliphatic carbocycles. The minimum atomic E-state index is -1.10. The van der Waals surface area contributed by atoms with Gasteiger partial charge in [0, 0.05) is 6.54 Å². The van der Waals surface area contributed by atoms with Gasteiger partial charge in [0.25, 0.3) is 0 Å². The molecule has 134 valence electrons. The van der Waals surface area contributed by atoms with Crippen LogP contribution in [-0.2, 0) is 12.0 Å². The minimum Gasteiger partial charge on any atom is -0.497 e. The molecule has 0 aliphatic rings. The first-order chi connectivity index (χ1) is 12.0. The van der Waals surface area contributed by atoms with Crippen molar-refractivity contribution in [1.29, 1.82) is 0 Å². The summed E-state index contributed by atoms with van der Waals surface area (Å²) >= 11 is 0. The Balaban J connectivity index is 1.68. The van der Waals surface area contributed by atoms with Crippen LogP contribution in [0, 0.1) is 0 Å². The average molecular weight is 342 g/mol. The highest BCUT2D eigenvalue weighted by Crippen LogP contribution is 2.18. The van der Waals surface area contributed by atoms with Crippen LogP contribution in [0.5, 0.6) is 5.75 Å². The van der Waals surface area contributed by atoms with E-state index in [2.05, 4.69) is 10.6 Å². The van der Waals surface area contributed by atoms with Crippen molar-refractivity contribution < 1.29 is 14.6 Å². The quantitative estimate of drug-likeness (QED) is 0.646. The molecule has 0 aromatic heterocycles. The Hall–Kier alpha value is -2.53. The molecule has 0 radical (unpaired) electrons. The van der Waals surface area contributed by atoms with Gasteiger partial charge < -0.3 is 20.5 Å². The SMILES string of the molecule is COc1cccc(CCCNC(=O)NCC(C)(O)c2ccccc2)c1. The summed E-state index contributed by atoms with van der Waals surface area (Å²) in [6.45, 7) is 2.40. The zero-order chi connectivity index (χ0) is 18.1. The number of aliphatic hydroxyl groups is 1. The monoisotopic (exact) mass is 342 g/mol. The number of carbonyl (C=O) groups excluding carboxylic acids is 1. The molecule has 5 nitrogen and oxygen atoms in total. The standard InChI is InChI=1S/C20H26N2O3/c1-20(24,17-10-4-3-5-11-17)15-22-19(23)21-13-7-9-16-8-6-12-18(14-16)25-2/h3-6,8,10-12,14,24H,7,9,13,15H2,1-2H3,(H2,21,22,23). The zero-order valence-electron chi connectivity index (χ0n) is 14.8. The van der Waals surface area contributed by atoms with Gasteiger partial charge in [-0.1, -0.05) is 42.5 Å². The average Bonchev–Trinajstić information content (AvgIpc) is 2.64. The van der Waals surface area contributed by atoms with E-state index >= 15 is 0 Å². The van der Waals surface area contributed by atoms with Gasteiger partial charge in [0.2, 0.25) is 0 Å². The van der Waals surface area contributed by atoms with Gasteiger partial charge in [-0.3, -0.25) is 0 Å². The van der Waals surface area contributed by atoms with Crippen LogP contribution in [0.4, 0.5) is 4.79 Å². The Labute approximate surface area is 149 Å². The van der Waals surface area contributed by atoms with Crippen LogP contribution in [-0.4, -0.2) is 31.3 Å². The number of urea groups is 1. The number of rotatable bonds is 8. The second kappa shape index (κ2) is 9.08. The van der Waals surface area contributed by atoms with Gasteiger partial charge in [-0.25, -0.2) is 4.79 Å². The van der Waals surface area contributed by atoms with Crippen molar-refractivity contribution in [3.63, 3.8) is 0 Å². The van der Waals surface area contributed by atoms with E-state index < -0.39 is 5.60 Å². The van der Waals surface area contributed by atoms with Crippen molar-refractivity contribution in [2.24, 2.45) is 0 Å². The van der Waals surface area contributed by atoms with E-state index in [1.165, 1.54) is 5.56 Å². The molecule has 2 rings (SSSR count). The molecule has 0 fully saturated rings. The molecule has 2 aromatic carbocycles. The lowest BCUT2D eigenvalue weighted by molar-refractivity contribution is 0.0594. The Kier molecular flexibility index (Phi) is 6.83. The highest BCUT2D eigenvalue weighted by molar-refractivity contribution is 5.73. The fraction of sp³-hybridized carbons (Fsp3) is 0.350. The molecule has 1 unspecified atom stereocenters. The first-order valence-corrected chi connectivity index (χ1v) is 8.44. The first kappa shape index (κ1) is 18.8. The Morgan fingerprint density at radius 2 is 1.88 bits per heavy atom. The number of nitrogens with one attached hydrogen (secondary N) is 2. The third kappa shape index (κ3) is 6.12. The maximum absolute atomic E-state index is 11.9. The molecular weight excluding hydrogens is 316 g/mol. The van der Waals surface area contributed by atoms with E-state index in [0.717, 1.165) is 24.2 Å². The molecule has 1 atom stereocenters. The summed E-state index contributed by atoms with van der Waals surface area (Å²) in [4.78, 5) is 11.9. The molecular formula is C20H26N2O3. The van der Waals surface area contributed by atoms with Gasteiger partial charge in [0.1, 0.15) is 11.4 Å². The summed E-state index contributed by atoms with van der Waals surface area (Å²) in [5.41, 5.74) is 0.848. The molecule has 25 heavy (non-hydrogen) atoms. The van der Waals surface area contributed by atoms with Gasteiger partial charge in [-0.15, -0.1) is 0 Å². The maximum atomic E-state index is 11.9. The summed E-state index contributed by atoms with van der Waals surface area (Å²) in [6, 6.07) is 16.9. The molecule has 2 aromatic rings. The Morgan fingerprint density at radius 1 is 1.12 bits per heavy atom. The van der Waals surface area contributed by atoms with Crippen molar-refractivity contribution in [2.45, 2.75) is 25.4 Å². The second-order valence-electron chi connectivity index (χ2n) is 6.20. The number of carbonyl (C=O) groups is 1. The fourth-order valence-corrected chi connectivity index (χ4v) is 2.54.